The van der Waals surface area contributed by atoms with Crippen LogP contribution in [0, 0.1) is 13.8 Å². The number of nitrogens with zero attached hydrogens (tertiary/aromatic N) is 1. The van der Waals surface area contributed by atoms with Gasteiger partial charge in [-0.25, -0.2) is 4.98 Å². The zero-order chi connectivity index (χ0) is 13.7. The van der Waals surface area contributed by atoms with Gasteiger partial charge in [-0.1, -0.05) is 24.3 Å². The molecule has 4 heteroatoms. The largest absolute Gasteiger partial charge is 0.488 e. The lowest BCUT2D eigenvalue weighted by molar-refractivity contribution is 0.309. The molecule has 0 unspecified atom stereocenters. The lowest BCUT2D eigenvalue weighted by Gasteiger charge is -2.06. The SMILES string of the molecule is CCCNc1ncc(COc2ccc(C)c(C)c2)s1. The molecule has 2 rings (SSSR count). The van der Waals surface area contributed by atoms with Crippen LogP contribution in [0.5, 0.6) is 5.75 Å². The predicted octanol–water partition coefficient (Wildman–Crippen LogP) is 4.16. The third kappa shape index (κ3) is 3.96. The van der Waals surface area contributed by atoms with E-state index in [1.807, 2.05) is 12.3 Å². The van der Waals surface area contributed by atoms with Gasteiger partial charge in [-0.3, -0.25) is 0 Å². The molecule has 0 aliphatic carbocycles. The number of aromatic nitrogens is 1. The van der Waals surface area contributed by atoms with Crippen molar-refractivity contribution in [3.8, 4) is 5.75 Å². The standard InChI is InChI=1S/C15H20N2OS/c1-4-7-16-15-17-9-14(19-15)10-18-13-6-5-11(2)12(3)8-13/h5-6,8-9H,4,7,10H2,1-3H3,(H,16,17). The van der Waals surface area contributed by atoms with Crippen molar-refractivity contribution in [1.29, 1.82) is 0 Å². The first kappa shape index (κ1) is 13.9. The molecule has 19 heavy (non-hydrogen) atoms. The monoisotopic (exact) mass is 276 g/mol. The fraction of sp³-hybridized carbons (Fsp3) is 0.400. The maximum Gasteiger partial charge on any atom is 0.182 e. The van der Waals surface area contributed by atoms with Gasteiger partial charge in [0, 0.05) is 12.7 Å². The molecule has 0 aliphatic heterocycles. The molecule has 0 aliphatic rings. The van der Waals surface area contributed by atoms with E-state index in [4.69, 9.17) is 4.74 Å². The topological polar surface area (TPSA) is 34.2 Å². The van der Waals surface area contributed by atoms with E-state index in [0.29, 0.717) is 6.61 Å². The molecule has 0 fully saturated rings. The molecule has 0 saturated carbocycles. The molecule has 0 spiro atoms. The van der Waals surface area contributed by atoms with Crippen LogP contribution in [-0.4, -0.2) is 11.5 Å². The summed E-state index contributed by atoms with van der Waals surface area (Å²) in [6.45, 7) is 7.89. The quantitative estimate of drug-likeness (QED) is 0.860. The minimum absolute atomic E-state index is 0.577. The van der Waals surface area contributed by atoms with Crippen LogP contribution in [0.15, 0.2) is 24.4 Å². The maximum atomic E-state index is 5.79. The van der Waals surface area contributed by atoms with Crippen molar-refractivity contribution in [3.63, 3.8) is 0 Å². The Labute approximate surface area is 118 Å². The first-order valence-electron chi connectivity index (χ1n) is 6.57. The lowest BCUT2D eigenvalue weighted by atomic mass is 10.1. The first-order valence-corrected chi connectivity index (χ1v) is 7.39. The summed E-state index contributed by atoms with van der Waals surface area (Å²) in [6.07, 6.45) is 2.98. The van der Waals surface area contributed by atoms with Gasteiger partial charge in [0.25, 0.3) is 0 Å². The van der Waals surface area contributed by atoms with Crippen molar-refractivity contribution in [2.24, 2.45) is 0 Å². The molecular weight excluding hydrogens is 256 g/mol. The van der Waals surface area contributed by atoms with Gasteiger partial charge in [0.05, 0.1) is 4.88 Å². The minimum Gasteiger partial charge on any atom is -0.488 e. The molecule has 0 amide bonds. The fourth-order valence-corrected chi connectivity index (χ4v) is 2.40. The number of benzene rings is 1. The van der Waals surface area contributed by atoms with Gasteiger partial charge < -0.3 is 10.1 Å². The third-order valence-electron chi connectivity index (χ3n) is 2.94. The average molecular weight is 276 g/mol. The Morgan fingerprint density at radius 2 is 2.11 bits per heavy atom. The Kier molecular flexibility index (Phi) is 4.80. The van der Waals surface area contributed by atoms with Crippen molar-refractivity contribution >= 4 is 16.5 Å². The van der Waals surface area contributed by atoms with Gasteiger partial charge in [-0.15, -0.1) is 0 Å². The number of nitrogens with one attached hydrogen (secondary N) is 1. The van der Waals surface area contributed by atoms with Gasteiger partial charge in [-0.2, -0.15) is 0 Å². The highest BCUT2D eigenvalue weighted by Crippen LogP contribution is 2.21. The second-order valence-electron chi connectivity index (χ2n) is 4.59. The number of ether oxygens (including phenoxy) is 1. The van der Waals surface area contributed by atoms with E-state index < -0.39 is 0 Å². The number of hydrogen-bond acceptors (Lipinski definition) is 4. The second kappa shape index (κ2) is 6.57. The summed E-state index contributed by atoms with van der Waals surface area (Å²) in [5, 5.41) is 4.25. The smallest absolute Gasteiger partial charge is 0.182 e. The normalized spacial score (nSPS) is 10.5. The highest BCUT2D eigenvalue weighted by atomic mass is 32.1. The first-order chi connectivity index (χ1) is 9.19. The number of thiazole rings is 1. The molecule has 1 aromatic carbocycles. The molecule has 0 radical (unpaired) electrons. The Bertz CT molecular complexity index is 537. The van der Waals surface area contributed by atoms with Crippen LogP contribution in [0.3, 0.4) is 0 Å². The molecule has 0 saturated heterocycles. The highest BCUT2D eigenvalue weighted by molar-refractivity contribution is 7.15. The average Bonchev–Trinajstić information content (AvgIpc) is 2.86. The number of rotatable bonds is 6. The summed E-state index contributed by atoms with van der Waals surface area (Å²) < 4.78 is 5.79. The van der Waals surface area contributed by atoms with E-state index in [2.05, 4.69) is 43.2 Å². The van der Waals surface area contributed by atoms with E-state index in [1.165, 1.54) is 11.1 Å². The Morgan fingerprint density at radius 3 is 2.84 bits per heavy atom. The molecule has 1 heterocycles. The summed E-state index contributed by atoms with van der Waals surface area (Å²) in [5.74, 6) is 0.916. The summed E-state index contributed by atoms with van der Waals surface area (Å²) >= 11 is 1.65. The van der Waals surface area contributed by atoms with Gasteiger partial charge >= 0.3 is 0 Å². The molecule has 0 bridgehead atoms. The Balaban J connectivity index is 1.91. The Hall–Kier alpha value is -1.55. The van der Waals surface area contributed by atoms with Crippen LogP contribution in [0.25, 0.3) is 0 Å². The summed E-state index contributed by atoms with van der Waals surface area (Å²) in [6, 6.07) is 6.18. The summed E-state index contributed by atoms with van der Waals surface area (Å²) in [4.78, 5) is 5.46. The number of anilines is 1. The zero-order valence-corrected chi connectivity index (χ0v) is 12.5. The van der Waals surface area contributed by atoms with Crippen molar-refractivity contribution in [3.05, 3.63) is 40.4 Å². The van der Waals surface area contributed by atoms with Crippen molar-refractivity contribution in [2.75, 3.05) is 11.9 Å². The van der Waals surface area contributed by atoms with E-state index in [9.17, 15) is 0 Å². The van der Waals surface area contributed by atoms with Crippen molar-refractivity contribution in [1.82, 2.24) is 4.98 Å². The van der Waals surface area contributed by atoms with Crippen molar-refractivity contribution < 1.29 is 4.74 Å². The van der Waals surface area contributed by atoms with Crippen LogP contribution in [0.4, 0.5) is 5.13 Å². The highest BCUT2D eigenvalue weighted by Gasteiger charge is 2.03. The molecule has 0 atom stereocenters. The van der Waals surface area contributed by atoms with Gasteiger partial charge in [0.1, 0.15) is 12.4 Å². The molecule has 102 valence electrons. The van der Waals surface area contributed by atoms with Crippen molar-refractivity contribution in [2.45, 2.75) is 33.8 Å². The van der Waals surface area contributed by atoms with Crippen LogP contribution >= 0.6 is 11.3 Å². The van der Waals surface area contributed by atoms with Crippen LogP contribution in [0.2, 0.25) is 0 Å². The minimum atomic E-state index is 0.577. The molecule has 1 aromatic heterocycles. The van der Waals surface area contributed by atoms with Crippen LogP contribution in [0.1, 0.15) is 29.3 Å². The van der Waals surface area contributed by atoms with E-state index >= 15 is 0 Å². The molecular formula is C15H20N2OS. The molecule has 3 nitrogen and oxygen atoms in total. The maximum absolute atomic E-state index is 5.79. The Morgan fingerprint density at radius 1 is 1.26 bits per heavy atom. The number of aryl methyl sites for hydroxylation is 2. The summed E-state index contributed by atoms with van der Waals surface area (Å²) in [5.41, 5.74) is 2.54. The second-order valence-corrected chi connectivity index (χ2v) is 5.71. The van der Waals surface area contributed by atoms with E-state index in [1.54, 1.807) is 11.3 Å². The fourth-order valence-electron chi connectivity index (χ4n) is 1.65. The predicted molar refractivity (Wildman–Crippen MR) is 81.1 cm³/mol. The summed E-state index contributed by atoms with van der Waals surface area (Å²) in [7, 11) is 0. The number of hydrogen-bond donors (Lipinski definition) is 1. The van der Waals surface area contributed by atoms with Gasteiger partial charge in [0.2, 0.25) is 0 Å². The van der Waals surface area contributed by atoms with Crippen LogP contribution in [-0.2, 0) is 6.61 Å². The van der Waals surface area contributed by atoms with E-state index in [-0.39, 0.29) is 0 Å². The van der Waals surface area contributed by atoms with Gasteiger partial charge in [-0.05, 0) is 43.5 Å². The zero-order valence-electron chi connectivity index (χ0n) is 11.7. The van der Waals surface area contributed by atoms with Crippen LogP contribution < -0.4 is 10.1 Å². The third-order valence-corrected chi connectivity index (χ3v) is 3.87. The molecule has 2 aromatic rings. The molecule has 1 N–H and O–H groups in total. The van der Waals surface area contributed by atoms with Gasteiger partial charge in [0.15, 0.2) is 5.13 Å². The lowest BCUT2D eigenvalue weighted by Crippen LogP contribution is -1.97. The van der Waals surface area contributed by atoms with E-state index in [0.717, 1.165) is 28.7 Å².